The van der Waals surface area contributed by atoms with E-state index in [-0.39, 0.29) is 16.8 Å². The van der Waals surface area contributed by atoms with Gasteiger partial charge in [-0.2, -0.15) is 0 Å². The first kappa shape index (κ1) is 14.4. The van der Waals surface area contributed by atoms with Crippen molar-refractivity contribution in [1.29, 1.82) is 0 Å². The average Bonchev–Trinajstić information content (AvgIpc) is 2.74. The number of nitro groups is 1. The van der Waals surface area contributed by atoms with Crippen LogP contribution in [0.5, 0.6) is 0 Å². The zero-order valence-corrected chi connectivity index (χ0v) is 11.2. The number of anilines is 1. The Bertz CT molecular complexity index is 966. The Morgan fingerprint density at radius 2 is 1.87 bits per heavy atom. The molecular weight excluding hydrogens is 311 g/mol. The Morgan fingerprint density at radius 3 is 2.52 bits per heavy atom. The van der Waals surface area contributed by atoms with Gasteiger partial charge in [-0.25, -0.2) is 4.39 Å². The van der Waals surface area contributed by atoms with E-state index < -0.39 is 39.6 Å². The van der Waals surface area contributed by atoms with Gasteiger partial charge in [0, 0.05) is 6.07 Å². The van der Waals surface area contributed by atoms with Crippen LogP contribution >= 0.6 is 0 Å². The number of aromatic nitrogens is 1. The maximum absolute atomic E-state index is 13.2. The molecule has 0 fully saturated rings. The van der Waals surface area contributed by atoms with Crippen LogP contribution in [0.15, 0.2) is 29.1 Å². The topological polar surface area (TPSA) is 137 Å². The fourth-order valence-electron chi connectivity index (χ4n) is 2.36. The molecule has 0 saturated carbocycles. The van der Waals surface area contributed by atoms with E-state index in [4.69, 9.17) is 5.73 Å². The summed E-state index contributed by atoms with van der Waals surface area (Å²) >= 11 is 0. The molecular formula is C13H7FN4O5. The van der Waals surface area contributed by atoms with E-state index in [1.165, 1.54) is 0 Å². The number of amides is 2. The highest BCUT2D eigenvalue weighted by Gasteiger charge is 2.33. The first-order valence-electron chi connectivity index (χ1n) is 6.16. The lowest BCUT2D eigenvalue weighted by Crippen LogP contribution is -2.24. The molecule has 0 bridgehead atoms. The molecule has 10 heteroatoms. The summed E-state index contributed by atoms with van der Waals surface area (Å²) in [5, 5.41) is 13.0. The third kappa shape index (κ3) is 2.04. The summed E-state index contributed by atoms with van der Waals surface area (Å²) in [7, 11) is 0. The highest BCUT2D eigenvalue weighted by atomic mass is 19.1. The number of fused-ring (bicyclic) bond motifs is 1. The van der Waals surface area contributed by atoms with E-state index >= 15 is 0 Å². The molecule has 1 aliphatic rings. The minimum Gasteiger partial charge on any atom is -0.384 e. The monoisotopic (exact) mass is 318 g/mol. The van der Waals surface area contributed by atoms with Crippen molar-refractivity contribution in [3.05, 3.63) is 61.7 Å². The lowest BCUT2D eigenvalue weighted by atomic mass is 10.1. The molecule has 23 heavy (non-hydrogen) atoms. The fourth-order valence-corrected chi connectivity index (χ4v) is 2.36. The number of carbonyl (C=O) groups is 2. The van der Waals surface area contributed by atoms with Crippen LogP contribution in [0.3, 0.4) is 0 Å². The highest BCUT2D eigenvalue weighted by molar-refractivity contribution is 6.23. The Kier molecular flexibility index (Phi) is 2.96. The van der Waals surface area contributed by atoms with Crippen LogP contribution in [0, 0.1) is 15.9 Å². The average molecular weight is 318 g/mol. The number of rotatable bonds is 2. The van der Waals surface area contributed by atoms with Crippen molar-refractivity contribution in [3.8, 4) is 5.69 Å². The van der Waals surface area contributed by atoms with Crippen LogP contribution in [0.4, 0.5) is 15.9 Å². The van der Waals surface area contributed by atoms with E-state index in [9.17, 15) is 28.9 Å². The number of hydrogen-bond donors (Lipinski definition) is 2. The van der Waals surface area contributed by atoms with Gasteiger partial charge in [-0.05, 0) is 12.1 Å². The Hall–Kier alpha value is -3.56. The molecule has 1 aromatic carbocycles. The van der Waals surface area contributed by atoms with Crippen LogP contribution < -0.4 is 16.6 Å². The number of carbonyl (C=O) groups excluding carboxylic acids is 2. The van der Waals surface area contributed by atoms with Gasteiger partial charge in [-0.15, -0.1) is 0 Å². The standard InChI is InChI=1S/C13H7FN4O5/c14-5-1-2-7(8(3-5)18(22)23)17-9(19)4-6-10(11(17)15)13(21)16-12(6)20/h1-4H,15H2,(H,16,20,21). The van der Waals surface area contributed by atoms with Gasteiger partial charge in [0.25, 0.3) is 23.1 Å². The number of imide groups is 1. The summed E-state index contributed by atoms with van der Waals surface area (Å²) in [6, 6.07) is 3.37. The quantitative estimate of drug-likeness (QED) is 0.465. The molecule has 0 unspecified atom stereocenters. The zero-order chi connectivity index (χ0) is 16.9. The van der Waals surface area contributed by atoms with Crippen LogP contribution in [0.2, 0.25) is 0 Å². The predicted molar refractivity (Wildman–Crippen MR) is 74.9 cm³/mol. The van der Waals surface area contributed by atoms with Crippen molar-refractivity contribution in [1.82, 2.24) is 9.88 Å². The number of pyridine rings is 1. The van der Waals surface area contributed by atoms with E-state index in [0.29, 0.717) is 10.6 Å². The number of halogens is 1. The highest BCUT2D eigenvalue weighted by Crippen LogP contribution is 2.28. The molecule has 1 aromatic heterocycles. The van der Waals surface area contributed by atoms with Crippen molar-refractivity contribution in [2.45, 2.75) is 0 Å². The van der Waals surface area contributed by atoms with Gasteiger partial charge in [0.15, 0.2) is 0 Å². The van der Waals surface area contributed by atoms with E-state index in [1.54, 1.807) is 0 Å². The Morgan fingerprint density at radius 1 is 1.17 bits per heavy atom. The second kappa shape index (κ2) is 4.73. The van der Waals surface area contributed by atoms with Gasteiger partial charge in [0.05, 0.1) is 22.1 Å². The van der Waals surface area contributed by atoms with Crippen molar-refractivity contribution < 1.29 is 18.9 Å². The molecule has 2 heterocycles. The summed E-state index contributed by atoms with van der Waals surface area (Å²) < 4.78 is 13.9. The van der Waals surface area contributed by atoms with Crippen LogP contribution in [0.25, 0.3) is 5.69 Å². The van der Waals surface area contributed by atoms with Crippen molar-refractivity contribution in [2.75, 3.05) is 5.73 Å². The third-order valence-corrected chi connectivity index (χ3v) is 3.33. The number of nitro benzene ring substituents is 1. The van der Waals surface area contributed by atoms with E-state index in [1.807, 2.05) is 5.32 Å². The van der Waals surface area contributed by atoms with Crippen molar-refractivity contribution >= 4 is 23.3 Å². The summed E-state index contributed by atoms with van der Waals surface area (Å²) in [6.07, 6.45) is 0. The maximum Gasteiger partial charge on any atom is 0.296 e. The lowest BCUT2D eigenvalue weighted by Gasteiger charge is -2.12. The van der Waals surface area contributed by atoms with Crippen LogP contribution in [-0.2, 0) is 0 Å². The first-order chi connectivity index (χ1) is 10.8. The van der Waals surface area contributed by atoms with E-state index in [2.05, 4.69) is 0 Å². The molecule has 2 aromatic rings. The Balaban J connectivity index is 2.38. The lowest BCUT2D eigenvalue weighted by molar-refractivity contribution is -0.384. The van der Waals surface area contributed by atoms with Gasteiger partial charge in [-0.1, -0.05) is 0 Å². The number of nitrogens with one attached hydrogen (secondary N) is 1. The smallest absolute Gasteiger partial charge is 0.296 e. The van der Waals surface area contributed by atoms with Crippen molar-refractivity contribution in [3.63, 3.8) is 0 Å². The molecule has 116 valence electrons. The maximum atomic E-state index is 13.2. The van der Waals surface area contributed by atoms with Crippen LogP contribution in [-0.4, -0.2) is 21.3 Å². The SMILES string of the molecule is Nc1c2c(cc(=O)n1-c1ccc(F)cc1[N+](=O)[O-])C(=O)NC2=O. The molecule has 3 N–H and O–H groups in total. The second-order valence-electron chi connectivity index (χ2n) is 4.67. The summed E-state index contributed by atoms with van der Waals surface area (Å²) in [5.41, 5.74) is 3.42. The van der Waals surface area contributed by atoms with Crippen molar-refractivity contribution in [2.24, 2.45) is 0 Å². The minimum atomic E-state index is -0.886. The van der Waals surface area contributed by atoms with Gasteiger partial charge < -0.3 is 5.73 Å². The fraction of sp³-hybridized carbons (Fsp3) is 0. The second-order valence-corrected chi connectivity index (χ2v) is 4.67. The number of benzene rings is 1. The molecule has 0 aliphatic carbocycles. The van der Waals surface area contributed by atoms with Crippen LogP contribution in [0.1, 0.15) is 20.7 Å². The molecule has 0 atom stereocenters. The number of nitrogen functional groups attached to an aromatic ring is 1. The molecule has 9 nitrogen and oxygen atoms in total. The summed E-state index contributed by atoms with van der Waals surface area (Å²) in [4.78, 5) is 45.7. The summed E-state index contributed by atoms with van der Waals surface area (Å²) in [6.45, 7) is 0. The molecule has 2 amide bonds. The normalized spacial score (nSPS) is 12.9. The third-order valence-electron chi connectivity index (χ3n) is 3.33. The van der Waals surface area contributed by atoms with E-state index in [0.717, 1.165) is 18.2 Å². The van der Waals surface area contributed by atoms with Gasteiger partial charge in [0.2, 0.25) is 0 Å². The molecule has 1 aliphatic heterocycles. The number of nitrogens with zero attached hydrogens (tertiary/aromatic N) is 2. The number of hydrogen-bond acceptors (Lipinski definition) is 6. The molecule has 3 rings (SSSR count). The zero-order valence-electron chi connectivity index (χ0n) is 11.2. The van der Waals surface area contributed by atoms with Gasteiger partial charge in [-0.3, -0.25) is 34.4 Å². The molecule has 0 radical (unpaired) electrons. The largest absolute Gasteiger partial charge is 0.384 e. The summed E-state index contributed by atoms with van der Waals surface area (Å²) in [5.74, 6) is -2.91. The minimum absolute atomic E-state index is 0.210. The van der Waals surface area contributed by atoms with Gasteiger partial charge in [0.1, 0.15) is 17.3 Å². The van der Waals surface area contributed by atoms with Gasteiger partial charge >= 0.3 is 0 Å². The molecule has 0 saturated heterocycles. The Labute approximate surface area is 126 Å². The number of nitrogens with two attached hydrogens (primary N) is 1. The predicted octanol–water partition coefficient (Wildman–Crippen LogP) is 0.351. The first-order valence-corrected chi connectivity index (χ1v) is 6.16. The molecule has 0 spiro atoms.